The number of halogens is 1. The second kappa shape index (κ2) is 10.4. The van der Waals surface area contributed by atoms with Gasteiger partial charge in [-0.1, -0.05) is 0 Å². The molecule has 0 aliphatic rings. The van der Waals surface area contributed by atoms with E-state index in [1.165, 1.54) is 0 Å². The van der Waals surface area contributed by atoms with Crippen LogP contribution in [0.1, 0.15) is 13.8 Å². The van der Waals surface area contributed by atoms with Crippen molar-refractivity contribution in [1.29, 1.82) is 0 Å². The molecule has 1 aromatic rings. The molecule has 0 unspecified atom stereocenters. The lowest BCUT2D eigenvalue weighted by Gasteiger charge is -2.28. The van der Waals surface area contributed by atoms with Crippen LogP contribution in [0.2, 0.25) is 0 Å². The molecule has 0 saturated heterocycles. The molecule has 0 saturated carbocycles. The summed E-state index contributed by atoms with van der Waals surface area (Å²) in [6, 6.07) is 7.95. The van der Waals surface area contributed by atoms with Gasteiger partial charge in [-0.3, -0.25) is 0 Å². The van der Waals surface area contributed by atoms with Crippen LogP contribution < -0.4 is 33.5 Å². The minimum Gasteiger partial charge on any atom is -1.00 e. The first-order chi connectivity index (χ1) is 10.3. The molecule has 0 atom stereocenters. The first-order valence-corrected chi connectivity index (χ1v) is 8.27. The van der Waals surface area contributed by atoms with Gasteiger partial charge in [-0.25, -0.2) is 0 Å². The van der Waals surface area contributed by atoms with Crippen LogP contribution in [0.15, 0.2) is 24.3 Å². The van der Waals surface area contributed by atoms with Gasteiger partial charge >= 0.3 is 0 Å². The predicted molar refractivity (Wildman–Crippen MR) is 92.5 cm³/mol. The van der Waals surface area contributed by atoms with Gasteiger partial charge in [-0.05, 0) is 38.1 Å². The summed E-state index contributed by atoms with van der Waals surface area (Å²) in [5, 5.41) is 0. The predicted octanol–water partition coefficient (Wildman–Crippen LogP) is -0.359. The number of hydrogen-bond acceptors (Lipinski definition) is 2. The Kier molecular flexibility index (Phi) is 10.1. The number of benzene rings is 1. The first-order valence-electron chi connectivity index (χ1n) is 8.27. The van der Waals surface area contributed by atoms with Crippen LogP contribution in [0.5, 0.6) is 11.5 Å². The maximum atomic E-state index is 5.80. The highest BCUT2D eigenvalue weighted by molar-refractivity contribution is 5.31. The van der Waals surface area contributed by atoms with Crippen molar-refractivity contribution in [2.75, 3.05) is 67.6 Å². The third kappa shape index (κ3) is 9.37. The van der Waals surface area contributed by atoms with E-state index in [0.717, 1.165) is 59.9 Å². The molecule has 1 aromatic carbocycles. The number of rotatable bonds is 10. The summed E-state index contributed by atoms with van der Waals surface area (Å²) in [7, 11) is 8.88. The summed E-state index contributed by atoms with van der Waals surface area (Å²) >= 11 is 0. The lowest BCUT2D eigenvalue weighted by molar-refractivity contribution is -0.888. The van der Waals surface area contributed by atoms with Crippen molar-refractivity contribution in [3.05, 3.63) is 24.3 Å². The number of hydrogen-bond donors (Lipinski definition) is 0. The van der Waals surface area contributed by atoms with Crippen LogP contribution >= 0.6 is 0 Å². The molecule has 4 nitrogen and oxygen atoms in total. The average Bonchev–Trinajstić information content (AvgIpc) is 2.48. The molecule has 23 heavy (non-hydrogen) atoms. The zero-order chi connectivity index (χ0) is 16.6. The number of quaternary nitrogens is 2. The smallest absolute Gasteiger partial charge is 0.137 e. The summed E-state index contributed by atoms with van der Waals surface area (Å²) in [4.78, 5) is 0. The van der Waals surface area contributed by atoms with Crippen molar-refractivity contribution in [2.45, 2.75) is 13.8 Å². The Labute approximate surface area is 159 Å². The molecule has 1 rings (SSSR count). The highest BCUT2D eigenvalue weighted by atomic mass is 127. The van der Waals surface area contributed by atoms with Gasteiger partial charge in [0.1, 0.15) is 37.8 Å². The summed E-state index contributed by atoms with van der Waals surface area (Å²) in [6.45, 7) is 10.1. The number of nitrogens with zero attached hydrogens (tertiary/aromatic N) is 2. The van der Waals surface area contributed by atoms with Gasteiger partial charge in [0.25, 0.3) is 0 Å². The van der Waals surface area contributed by atoms with Gasteiger partial charge in [-0.15, -0.1) is 0 Å². The fraction of sp³-hybridized carbons (Fsp3) is 0.667. The van der Waals surface area contributed by atoms with E-state index in [9.17, 15) is 0 Å². The quantitative estimate of drug-likeness (QED) is 0.368. The van der Waals surface area contributed by atoms with E-state index in [1.54, 1.807) is 0 Å². The SMILES string of the molecule is CC[N+](C)(C)CCOc1ccc(OCC[N+](C)(C)CC)cc1.[I-]. The molecule has 134 valence electrons. The monoisotopic (exact) mass is 437 g/mol. The molecule has 5 heteroatoms. The Morgan fingerprint density at radius 1 is 0.696 bits per heavy atom. The third-order valence-electron chi connectivity index (χ3n) is 4.47. The van der Waals surface area contributed by atoms with Crippen LogP contribution in [0.4, 0.5) is 0 Å². The Morgan fingerprint density at radius 3 is 1.26 bits per heavy atom. The largest absolute Gasteiger partial charge is 1.00 e. The van der Waals surface area contributed by atoms with Crippen molar-refractivity contribution in [1.82, 2.24) is 0 Å². The van der Waals surface area contributed by atoms with Gasteiger partial charge in [-0.2, -0.15) is 0 Å². The normalized spacial score (nSPS) is 11.7. The summed E-state index contributed by atoms with van der Waals surface area (Å²) < 4.78 is 13.6. The second-order valence-electron chi connectivity index (χ2n) is 7.12. The minimum absolute atomic E-state index is 0. The lowest BCUT2D eigenvalue weighted by Crippen LogP contribution is -3.00. The Hall–Kier alpha value is -0.530. The fourth-order valence-corrected chi connectivity index (χ4v) is 1.77. The molecule has 0 spiro atoms. The molecular formula is C18H34IN2O2+. The molecule has 0 bridgehead atoms. The van der Waals surface area contributed by atoms with Crippen LogP contribution in [0.25, 0.3) is 0 Å². The molecule has 0 radical (unpaired) electrons. The number of ether oxygens (including phenoxy) is 2. The maximum absolute atomic E-state index is 5.80. The molecule has 0 fully saturated rings. The van der Waals surface area contributed by atoms with Gasteiger partial charge in [0.15, 0.2) is 0 Å². The van der Waals surface area contributed by atoms with Crippen molar-refractivity contribution >= 4 is 0 Å². The lowest BCUT2D eigenvalue weighted by atomic mass is 10.3. The van der Waals surface area contributed by atoms with Crippen molar-refractivity contribution in [2.24, 2.45) is 0 Å². The Balaban J connectivity index is 0.00000484. The zero-order valence-electron chi connectivity index (χ0n) is 15.6. The zero-order valence-corrected chi connectivity index (χ0v) is 17.8. The molecule has 0 heterocycles. The minimum atomic E-state index is 0. The van der Waals surface area contributed by atoms with Crippen molar-refractivity contribution in [3.63, 3.8) is 0 Å². The maximum Gasteiger partial charge on any atom is 0.137 e. The van der Waals surface area contributed by atoms with Crippen molar-refractivity contribution < 1.29 is 42.4 Å². The van der Waals surface area contributed by atoms with E-state index in [1.807, 2.05) is 24.3 Å². The molecule has 0 amide bonds. The molecular weight excluding hydrogens is 403 g/mol. The third-order valence-corrected chi connectivity index (χ3v) is 4.47. The fourth-order valence-electron chi connectivity index (χ4n) is 1.77. The van der Waals surface area contributed by atoms with E-state index >= 15 is 0 Å². The van der Waals surface area contributed by atoms with E-state index in [4.69, 9.17) is 9.47 Å². The van der Waals surface area contributed by atoms with Gasteiger partial charge in [0, 0.05) is 0 Å². The van der Waals surface area contributed by atoms with Crippen LogP contribution in [-0.2, 0) is 0 Å². The van der Waals surface area contributed by atoms with Crippen LogP contribution in [0.3, 0.4) is 0 Å². The summed E-state index contributed by atoms with van der Waals surface area (Å²) in [5.41, 5.74) is 0. The Bertz CT molecular complexity index is 392. The highest BCUT2D eigenvalue weighted by Crippen LogP contribution is 2.17. The van der Waals surface area contributed by atoms with E-state index < -0.39 is 0 Å². The van der Waals surface area contributed by atoms with Crippen LogP contribution in [0, 0.1) is 0 Å². The topological polar surface area (TPSA) is 18.5 Å². The highest BCUT2D eigenvalue weighted by Gasteiger charge is 2.12. The molecule has 0 N–H and O–H groups in total. The Morgan fingerprint density at radius 2 is 1.00 bits per heavy atom. The average molecular weight is 437 g/mol. The summed E-state index contributed by atoms with van der Waals surface area (Å²) in [6.07, 6.45) is 0. The summed E-state index contributed by atoms with van der Waals surface area (Å²) in [5.74, 6) is 1.82. The van der Waals surface area contributed by atoms with E-state index in [-0.39, 0.29) is 24.0 Å². The second-order valence-corrected chi connectivity index (χ2v) is 7.12. The van der Waals surface area contributed by atoms with Gasteiger partial charge in [0.2, 0.25) is 0 Å². The standard InChI is InChI=1S/C18H34N2O2.HI/c1-7-19(3,4)13-15-21-17-9-11-18(12-10-17)22-16-14-20(5,6)8-2;/h9-12H,7-8,13-16H2,1-6H3;1H/q+2;/p-1. The van der Waals surface area contributed by atoms with E-state index in [0.29, 0.717) is 0 Å². The van der Waals surface area contributed by atoms with Gasteiger partial charge < -0.3 is 42.4 Å². The van der Waals surface area contributed by atoms with Crippen LogP contribution in [-0.4, -0.2) is 76.5 Å². The molecule has 0 aliphatic carbocycles. The van der Waals surface area contributed by atoms with E-state index in [2.05, 4.69) is 42.0 Å². The first kappa shape index (κ1) is 22.5. The molecule has 0 aliphatic heterocycles. The van der Waals surface area contributed by atoms with Crippen molar-refractivity contribution in [3.8, 4) is 11.5 Å². The number of likely N-dealkylation sites (N-methyl/N-ethyl adjacent to an activating group) is 2. The molecule has 0 aromatic heterocycles. The van der Waals surface area contributed by atoms with Gasteiger partial charge in [0.05, 0.1) is 41.3 Å².